The molecule has 6 nitrogen and oxygen atoms in total. The Bertz CT molecular complexity index is 1540. The summed E-state index contributed by atoms with van der Waals surface area (Å²) in [5, 5.41) is 23.5. The van der Waals surface area contributed by atoms with Crippen LogP contribution in [0.1, 0.15) is 495 Å². The molecule has 0 rings (SSSR count). The zero-order valence-electron chi connectivity index (χ0n) is 64.7. The highest BCUT2D eigenvalue weighted by Crippen LogP contribution is 2.21. The smallest absolute Gasteiger partial charge is 0.305 e. The van der Waals surface area contributed by atoms with Crippen molar-refractivity contribution in [2.45, 2.75) is 508 Å². The number of rotatable bonds is 83. The molecule has 0 saturated carbocycles. The van der Waals surface area contributed by atoms with Crippen LogP contribution in [0.25, 0.3) is 0 Å². The number of hydrogen-bond donors (Lipinski definition) is 3. The molecule has 0 aliphatic rings. The Kier molecular flexibility index (Phi) is 82.8. The molecule has 562 valence electrons. The van der Waals surface area contributed by atoms with E-state index >= 15 is 0 Å². The van der Waals surface area contributed by atoms with E-state index in [0.717, 1.165) is 51.4 Å². The molecule has 2 atom stereocenters. The van der Waals surface area contributed by atoms with Crippen LogP contribution in [0.5, 0.6) is 0 Å². The number of aliphatic hydroxyl groups is 2. The summed E-state index contributed by atoms with van der Waals surface area (Å²) < 4.78 is 5.51. The van der Waals surface area contributed by atoms with E-state index in [1.54, 1.807) is 0 Å². The lowest BCUT2D eigenvalue weighted by molar-refractivity contribution is -0.143. The number of aliphatic hydroxyl groups excluding tert-OH is 2. The molecule has 2 unspecified atom stereocenters. The second-order valence-corrected chi connectivity index (χ2v) is 30.2. The molecule has 0 bridgehead atoms. The maximum atomic E-state index is 12.6. The van der Waals surface area contributed by atoms with Crippen LogP contribution < -0.4 is 5.32 Å². The maximum Gasteiger partial charge on any atom is 0.305 e. The van der Waals surface area contributed by atoms with Crippen LogP contribution in [0.2, 0.25) is 0 Å². The Morgan fingerprint density at radius 3 is 0.821 bits per heavy atom. The molecule has 0 aromatic carbocycles. The third kappa shape index (κ3) is 80.9. The zero-order chi connectivity index (χ0) is 68.4. The molecular formula is C89H171NO5. The molecule has 0 aliphatic heterocycles. The average Bonchev–Trinajstić information content (AvgIpc) is 2.99. The van der Waals surface area contributed by atoms with Crippen molar-refractivity contribution in [3.8, 4) is 0 Å². The molecular weight excluding hydrogens is 1160 g/mol. The van der Waals surface area contributed by atoms with E-state index < -0.39 is 12.1 Å². The van der Waals surface area contributed by atoms with Crippen molar-refractivity contribution in [1.82, 2.24) is 5.32 Å². The van der Waals surface area contributed by atoms with Gasteiger partial charge in [0, 0.05) is 12.8 Å². The number of allylic oxidation sites excluding steroid dienone is 6. The first-order valence-corrected chi connectivity index (χ1v) is 43.7. The van der Waals surface area contributed by atoms with Crippen molar-refractivity contribution in [1.29, 1.82) is 0 Å². The lowest BCUT2D eigenvalue weighted by Crippen LogP contribution is -2.45. The average molecular weight is 1340 g/mol. The first kappa shape index (κ1) is 93.1. The fourth-order valence-electron chi connectivity index (χ4n) is 14.0. The molecule has 3 N–H and O–H groups in total. The third-order valence-corrected chi connectivity index (χ3v) is 20.7. The summed E-state index contributed by atoms with van der Waals surface area (Å²) in [5.41, 5.74) is 0. The summed E-state index contributed by atoms with van der Waals surface area (Å²) in [6, 6.07) is -0.539. The second kappa shape index (κ2) is 84.5. The van der Waals surface area contributed by atoms with Crippen molar-refractivity contribution in [3.05, 3.63) is 36.5 Å². The number of esters is 1. The lowest BCUT2D eigenvalue weighted by atomic mass is 10.0. The van der Waals surface area contributed by atoms with Crippen LogP contribution in [0.4, 0.5) is 0 Å². The molecule has 0 radical (unpaired) electrons. The van der Waals surface area contributed by atoms with Crippen LogP contribution in [-0.4, -0.2) is 47.4 Å². The highest BCUT2D eigenvalue weighted by atomic mass is 16.5. The van der Waals surface area contributed by atoms with Gasteiger partial charge in [-0.2, -0.15) is 0 Å². The van der Waals surface area contributed by atoms with Gasteiger partial charge in [0.25, 0.3) is 0 Å². The molecule has 0 aromatic rings. The van der Waals surface area contributed by atoms with Crippen LogP contribution in [0.15, 0.2) is 36.5 Å². The molecule has 0 aromatic heterocycles. The predicted molar refractivity (Wildman–Crippen MR) is 421 cm³/mol. The predicted octanol–water partition coefficient (Wildman–Crippen LogP) is 29.3. The SMILES string of the molecule is CCCCCC/C=C\C/C=C\CCCCCCCCCC(=O)OCCCCCCCCCCCCCCCCCCCC/C=C\CCCCCCCCCCCCCCCCCCCC(=O)NC(CO)C(O)CCCCCCCCCCCCCCCCCCCCCCC. The Morgan fingerprint density at radius 1 is 0.295 bits per heavy atom. The molecule has 0 aliphatic carbocycles. The van der Waals surface area contributed by atoms with Crippen LogP contribution in [0, 0.1) is 0 Å². The molecule has 0 saturated heterocycles. The summed E-state index contributed by atoms with van der Waals surface area (Å²) >= 11 is 0. The number of ether oxygens (including phenoxy) is 1. The van der Waals surface area contributed by atoms with E-state index in [1.165, 1.54) is 411 Å². The molecule has 1 amide bonds. The van der Waals surface area contributed by atoms with E-state index in [1.807, 2.05) is 0 Å². The fraction of sp³-hybridized carbons (Fsp3) is 0.910. The van der Waals surface area contributed by atoms with Crippen molar-refractivity contribution in [2.24, 2.45) is 0 Å². The first-order valence-electron chi connectivity index (χ1n) is 43.7. The Balaban J connectivity index is 3.32. The fourth-order valence-corrected chi connectivity index (χ4v) is 14.0. The van der Waals surface area contributed by atoms with Gasteiger partial charge in [0.1, 0.15) is 0 Å². The third-order valence-electron chi connectivity index (χ3n) is 20.7. The van der Waals surface area contributed by atoms with Crippen LogP contribution >= 0.6 is 0 Å². The number of amides is 1. The quantitative estimate of drug-likeness (QED) is 0.0320. The van der Waals surface area contributed by atoms with Crippen molar-refractivity contribution in [2.75, 3.05) is 13.2 Å². The number of unbranched alkanes of at least 4 members (excludes halogenated alkanes) is 66. The first-order chi connectivity index (χ1) is 47.0. The highest BCUT2D eigenvalue weighted by Gasteiger charge is 2.20. The van der Waals surface area contributed by atoms with Crippen molar-refractivity contribution >= 4 is 11.9 Å². The van der Waals surface area contributed by atoms with E-state index in [0.29, 0.717) is 25.9 Å². The minimum Gasteiger partial charge on any atom is -0.466 e. The number of nitrogens with one attached hydrogen (secondary N) is 1. The standard InChI is InChI=1S/C89H171NO5/c1-3-5-7-9-11-13-15-17-19-21-23-43-46-49-53-57-61-65-69-73-77-81-87(92)86(85-91)90-88(93)82-78-74-70-66-62-58-54-50-47-44-41-39-37-35-33-31-29-27-25-24-26-28-30-32-34-36-38-40-42-45-48-52-56-60-64-68-72-76-80-84-95-89(94)83-79-75-71-67-63-59-55-51-22-20-18-16-14-12-10-8-6-4-2/h14,16,20,22,24-25,86-87,91-92H,3-13,15,17-19,21,23,26-85H2,1-2H3,(H,90,93)/b16-14-,22-20-,25-24-. The largest absolute Gasteiger partial charge is 0.466 e. The topological polar surface area (TPSA) is 95.9 Å². The van der Waals surface area contributed by atoms with Crippen molar-refractivity contribution in [3.63, 3.8) is 0 Å². The van der Waals surface area contributed by atoms with Gasteiger partial charge in [-0.05, 0) is 83.5 Å². The lowest BCUT2D eigenvalue weighted by Gasteiger charge is -2.22. The summed E-state index contributed by atoms with van der Waals surface area (Å²) in [4.78, 5) is 24.7. The Hall–Kier alpha value is -1.92. The van der Waals surface area contributed by atoms with Crippen LogP contribution in [0.3, 0.4) is 0 Å². The summed E-state index contributed by atoms with van der Waals surface area (Å²) in [6.07, 6.45) is 111. The van der Waals surface area contributed by atoms with Gasteiger partial charge < -0.3 is 20.3 Å². The second-order valence-electron chi connectivity index (χ2n) is 30.2. The molecule has 0 spiro atoms. The monoisotopic (exact) mass is 1330 g/mol. The number of carbonyl (C=O) groups excluding carboxylic acids is 2. The van der Waals surface area contributed by atoms with Crippen LogP contribution in [-0.2, 0) is 14.3 Å². The summed E-state index contributed by atoms with van der Waals surface area (Å²) in [7, 11) is 0. The summed E-state index contributed by atoms with van der Waals surface area (Å²) in [5.74, 6) is -0.00904. The van der Waals surface area contributed by atoms with Gasteiger partial charge in [-0.3, -0.25) is 9.59 Å². The van der Waals surface area contributed by atoms with E-state index in [-0.39, 0.29) is 18.5 Å². The van der Waals surface area contributed by atoms with Gasteiger partial charge in [0.05, 0.1) is 25.4 Å². The van der Waals surface area contributed by atoms with Gasteiger partial charge in [-0.1, -0.05) is 436 Å². The minimum atomic E-state index is -0.662. The number of hydrogen-bond acceptors (Lipinski definition) is 5. The molecule has 95 heavy (non-hydrogen) atoms. The van der Waals surface area contributed by atoms with E-state index in [9.17, 15) is 19.8 Å². The maximum absolute atomic E-state index is 12.6. The van der Waals surface area contributed by atoms with Gasteiger partial charge in [0.2, 0.25) is 5.91 Å². The van der Waals surface area contributed by atoms with Gasteiger partial charge in [-0.15, -0.1) is 0 Å². The number of carbonyl (C=O) groups is 2. The molecule has 0 heterocycles. The Morgan fingerprint density at radius 2 is 0.526 bits per heavy atom. The molecule has 6 heteroatoms. The van der Waals surface area contributed by atoms with E-state index in [4.69, 9.17) is 4.74 Å². The Labute approximate surface area is 595 Å². The normalized spacial score (nSPS) is 12.6. The van der Waals surface area contributed by atoms with Crippen molar-refractivity contribution < 1.29 is 24.5 Å². The minimum absolute atomic E-state index is 0.0160. The zero-order valence-corrected chi connectivity index (χ0v) is 64.7. The highest BCUT2D eigenvalue weighted by molar-refractivity contribution is 5.76. The van der Waals surface area contributed by atoms with E-state index in [2.05, 4.69) is 55.6 Å². The van der Waals surface area contributed by atoms with Gasteiger partial charge in [0.15, 0.2) is 0 Å². The van der Waals surface area contributed by atoms with Gasteiger partial charge in [-0.25, -0.2) is 0 Å². The van der Waals surface area contributed by atoms with Gasteiger partial charge >= 0.3 is 5.97 Å². The summed E-state index contributed by atoms with van der Waals surface area (Å²) in [6.45, 7) is 4.99. The molecule has 0 fully saturated rings.